The molecular formula is C26H39N5O2S. The van der Waals surface area contributed by atoms with E-state index in [1.54, 1.807) is 0 Å². The lowest BCUT2D eigenvalue weighted by Crippen LogP contribution is -2.51. The van der Waals surface area contributed by atoms with Crippen molar-refractivity contribution in [3.63, 3.8) is 0 Å². The molecule has 186 valence electrons. The molecule has 8 heteroatoms. The molecule has 34 heavy (non-hydrogen) atoms. The van der Waals surface area contributed by atoms with E-state index in [1.165, 1.54) is 42.8 Å². The van der Waals surface area contributed by atoms with Crippen LogP contribution in [-0.4, -0.2) is 85.2 Å². The van der Waals surface area contributed by atoms with Crippen molar-refractivity contribution in [2.75, 3.05) is 64.8 Å². The van der Waals surface area contributed by atoms with E-state index in [2.05, 4.69) is 48.1 Å². The molecule has 2 aliphatic heterocycles. The van der Waals surface area contributed by atoms with Gasteiger partial charge in [-0.2, -0.15) is 0 Å². The van der Waals surface area contributed by atoms with Crippen LogP contribution in [0.1, 0.15) is 38.7 Å². The van der Waals surface area contributed by atoms with Crippen LogP contribution in [-0.2, 0) is 6.42 Å². The molecule has 0 spiro atoms. The second-order valence-electron chi connectivity index (χ2n) is 9.56. The van der Waals surface area contributed by atoms with E-state index >= 15 is 0 Å². The van der Waals surface area contributed by atoms with Crippen molar-refractivity contribution in [1.82, 2.24) is 19.7 Å². The lowest BCUT2D eigenvalue weighted by molar-refractivity contribution is 0.109. The van der Waals surface area contributed by atoms with Gasteiger partial charge in [-0.05, 0) is 62.9 Å². The molecule has 2 aromatic rings. The van der Waals surface area contributed by atoms with Gasteiger partial charge in [0, 0.05) is 50.2 Å². The van der Waals surface area contributed by atoms with Gasteiger partial charge in [-0.15, -0.1) is 11.3 Å². The predicted octanol–water partition coefficient (Wildman–Crippen LogP) is 4.65. The highest BCUT2D eigenvalue weighted by molar-refractivity contribution is 7.14. The normalized spacial score (nSPS) is 19.9. The molecule has 1 atom stereocenters. The average Bonchev–Trinajstić information content (AvgIpc) is 3.31. The van der Waals surface area contributed by atoms with Gasteiger partial charge < -0.3 is 14.5 Å². The van der Waals surface area contributed by atoms with Crippen LogP contribution < -0.4 is 10.1 Å². The molecule has 1 aromatic carbocycles. The van der Waals surface area contributed by atoms with Gasteiger partial charge >= 0.3 is 6.03 Å². The summed E-state index contributed by atoms with van der Waals surface area (Å²) in [5, 5.41) is 5.66. The zero-order valence-corrected chi connectivity index (χ0v) is 21.7. The van der Waals surface area contributed by atoms with Crippen molar-refractivity contribution in [2.24, 2.45) is 5.92 Å². The number of amides is 2. The molecule has 2 fully saturated rings. The van der Waals surface area contributed by atoms with Crippen LogP contribution in [0, 0.1) is 5.92 Å². The van der Waals surface area contributed by atoms with E-state index < -0.39 is 0 Å². The number of aromatic nitrogens is 1. The standard InChI is InChI=1S/C26H39N5O2S/c1-4-15-33-24-9-8-20(5-2)16-22(24)23-19-34-25(27-23)28-26(32)31-13-11-30(12-14-31)18-21-7-6-10-29(3)17-21/h8-9,16,19,21H,4-7,10-15,17-18H2,1-3H3,(H,27,28,32). The number of hydrogen-bond acceptors (Lipinski definition) is 6. The lowest BCUT2D eigenvalue weighted by Gasteiger charge is -2.38. The molecule has 0 saturated carbocycles. The van der Waals surface area contributed by atoms with Crippen LogP contribution in [0.2, 0.25) is 0 Å². The molecule has 0 bridgehead atoms. The summed E-state index contributed by atoms with van der Waals surface area (Å²) < 4.78 is 5.96. The molecule has 0 radical (unpaired) electrons. The van der Waals surface area contributed by atoms with Gasteiger partial charge in [0.15, 0.2) is 5.13 Å². The Hall–Kier alpha value is -2.16. The number of thiazole rings is 1. The molecule has 2 saturated heterocycles. The summed E-state index contributed by atoms with van der Waals surface area (Å²) in [6.07, 6.45) is 4.54. The van der Waals surface area contributed by atoms with Crippen LogP contribution >= 0.6 is 11.3 Å². The maximum absolute atomic E-state index is 12.9. The molecule has 1 unspecified atom stereocenters. The number of hydrogen-bond donors (Lipinski definition) is 1. The first-order valence-electron chi connectivity index (χ1n) is 12.7. The maximum Gasteiger partial charge on any atom is 0.323 e. The molecule has 0 aliphatic carbocycles. The summed E-state index contributed by atoms with van der Waals surface area (Å²) >= 11 is 1.47. The van der Waals surface area contributed by atoms with Gasteiger partial charge in [0.2, 0.25) is 0 Å². The van der Waals surface area contributed by atoms with Crippen molar-refractivity contribution >= 4 is 22.5 Å². The van der Waals surface area contributed by atoms with E-state index in [0.29, 0.717) is 11.7 Å². The number of nitrogens with one attached hydrogen (secondary N) is 1. The number of ether oxygens (including phenoxy) is 1. The van der Waals surface area contributed by atoms with E-state index in [9.17, 15) is 4.79 Å². The van der Waals surface area contributed by atoms with Crippen molar-refractivity contribution < 1.29 is 9.53 Å². The highest BCUT2D eigenvalue weighted by Gasteiger charge is 2.25. The first kappa shape index (κ1) is 24.9. The lowest BCUT2D eigenvalue weighted by atomic mass is 9.97. The van der Waals surface area contributed by atoms with E-state index in [-0.39, 0.29) is 6.03 Å². The minimum absolute atomic E-state index is 0.0530. The number of rotatable bonds is 8. The summed E-state index contributed by atoms with van der Waals surface area (Å²) in [5.74, 6) is 1.60. The second kappa shape index (κ2) is 12.0. The molecule has 2 amide bonds. The summed E-state index contributed by atoms with van der Waals surface area (Å²) in [6.45, 7) is 11.9. The van der Waals surface area contributed by atoms with Crippen LogP contribution in [0.5, 0.6) is 5.75 Å². The topological polar surface area (TPSA) is 60.9 Å². The first-order chi connectivity index (χ1) is 16.6. The molecule has 7 nitrogen and oxygen atoms in total. The predicted molar refractivity (Wildman–Crippen MR) is 140 cm³/mol. The van der Waals surface area contributed by atoms with Gasteiger partial charge in [0.1, 0.15) is 5.75 Å². The Labute approximate surface area is 208 Å². The minimum atomic E-state index is -0.0530. The van der Waals surface area contributed by atoms with Crippen molar-refractivity contribution in [3.05, 3.63) is 29.1 Å². The zero-order chi connectivity index (χ0) is 23.9. The molecule has 3 heterocycles. The van der Waals surface area contributed by atoms with Crippen LogP contribution in [0.3, 0.4) is 0 Å². The Morgan fingerprint density at radius 2 is 2.03 bits per heavy atom. The Kier molecular flexibility index (Phi) is 8.80. The Morgan fingerprint density at radius 1 is 1.21 bits per heavy atom. The quantitative estimate of drug-likeness (QED) is 0.590. The number of aryl methyl sites for hydroxylation is 1. The fourth-order valence-electron chi connectivity index (χ4n) is 4.88. The summed E-state index contributed by atoms with van der Waals surface area (Å²) in [6, 6.07) is 6.24. The summed E-state index contributed by atoms with van der Waals surface area (Å²) in [7, 11) is 2.22. The third kappa shape index (κ3) is 6.49. The maximum atomic E-state index is 12.9. The van der Waals surface area contributed by atoms with Gasteiger partial charge in [0.05, 0.1) is 12.3 Å². The number of nitrogens with zero attached hydrogens (tertiary/aromatic N) is 4. The van der Waals surface area contributed by atoms with Gasteiger partial charge in [0.25, 0.3) is 0 Å². The zero-order valence-electron chi connectivity index (χ0n) is 20.9. The van der Waals surface area contributed by atoms with Crippen molar-refractivity contribution in [1.29, 1.82) is 0 Å². The average molecular weight is 486 g/mol. The van der Waals surface area contributed by atoms with E-state index in [4.69, 9.17) is 9.72 Å². The number of piperidine rings is 1. The fourth-order valence-corrected chi connectivity index (χ4v) is 5.58. The number of piperazine rings is 1. The first-order valence-corrected chi connectivity index (χ1v) is 13.6. The monoisotopic (exact) mass is 485 g/mol. The number of anilines is 1. The molecule has 1 N–H and O–H groups in total. The van der Waals surface area contributed by atoms with Crippen LogP contribution in [0.25, 0.3) is 11.3 Å². The highest BCUT2D eigenvalue weighted by atomic mass is 32.1. The van der Waals surface area contributed by atoms with E-state index in [1.807, 2.05) is 16.3 Å². The summed E-state index contributed by atoms with van der Waals surface area (Å²) in [4.78, 5) is 24.5. The molecule has 4 rings (SSSR count). The number of carbonyl (C=O) groups is 1. The van der Waals surface area contributed by atoms with Gasteiger partial charge in [-0.25, -0.2) is 9.78 Å². The van der Waals surface area contributed by atoms with E-state index in [0.717, 1.165) is 68.5 Å². The number of urea groups is 1. The molecule has 1 aromatic heterocycles. The minimum Gasteiger partial charge on any atom is -0.493 e. The summed E-state index contributed by atoms with van der Waals surface area (Å²) in [5.41, 5.74) is 3.09. The Balaban J connectivity index is 1.32. The van der Waals surface area contributed by atoms with Gasteiger partial charge in [-0.3, -0.25) is 10.2 Å². The second-order valence-corrected chi connectivity index (χ2v) is 10.4. The number of benzene rings is 1. The smallest absolute Gasteiger partial charge is 0.323 e. The molecular weight excluding hydrogens is 446 g/mol. The Bertz CT molecular complexity index is 941. The highest BCUT2D eigenvalue weighted by Crippen LogP contribution is 2.33. The fraction of sp³-hybridized carbons (Fsp3) is 0.615. The third-order valence-electron chi connectivity index (χ3n) is 6.81. The largest absolute Gasteiger partial charge is 0.493 e. The van der Waals surface area contributed by atoms with Gasteiger partial charge in [-0.1, -0.05) is 19.9 Å². The molecule has 2 aliphatic rings. The Morgan fingerprint density at radius 3 is 2.76 bits per heavy atom. The number of likely N-dealkylation sites (tertiary alicyclic amines) is 1. The van der Waals surface area contributed by atoms with Crippen LogP contribution in [0.4, 0.5) is 9.93 Å². The van der Waals surface area contributed by atoms with Crippen LogP contribution in [0.15, 0.2) is 23.6 Å². The SMILES string of the molecule is CCCOc1ccc(CC)cc1-c1csc(NC(=O)N2CCN(CC3CCCN(C)C3)CC2)n1. The third-order valence-corrected chi connectivity index (χ3v) is 7.56. The van der Waals surface area contributed by atoms with Crippen molar-refractivity contribution in [2.45, 2.75) is 39.5 Å². The number of carbonyl (C=O) groups excluding carboxylic acids is 1. The van der Waals surface area contributed by atoms with Crippen molar-refractivity contribution in [3.8, 4) is 17.0 Å².